The van der Waals surface area contributed by atoms with Crippen molar-refractivity contribution in [1.29, 1.82) is 0 Å². The molecule has 1 saturated heterocycles. The van der Waals surface area contributed by atoms with E-state index in [4.69, 9.17) is 4.74 Å². The zero-order valence-corrected chi connectivity index (χ0v) is 15.7. The second-order valence-electron chi connectivity index (χ2n) is 5.74. The number of halogens is 2. The quantitative estimate of drug-likeness (QED) is 0.594. The normalized spacial score (nSPS) is 15.9. The van der Waals surface area contributed by atoms with Gasteiger partial charge < -0.3 is 4.74 Å². The van der Waals surface area contributed by atoms with E-state index in [-0.39, 0.29) is 12.2 Å². The maximum atomic E-state index is 13.8. The van der Waals surface area contributed by atoms with Gasteiger partial charge in [0.25, 0.3) is 11.8 Å². The number of benzene rings is 2. The molecule has 1 fully saturated rings. The van der Waals surface area contributed by atoms with Crippen LogP contribution in [-0.2, 0) is 16.2 Å². The Labute approximate surface area is 162 Å². The fourth-order valence-electron chi connectivity index (χ4n) is 2.44. The van der Waals surface area contributed by atoms with Gasteiger partial charge in [0.05, 0.1) is 0 Å². The Hall–Kier alpha value is -3.00. The number of carbonyl (C=O) groups is 3. The van der Waals surface area contributed by atoms with Crippen molar-refractivity contribution < 1.29 is 23.5 Å². The number of ether oxygens (including phenoxy) is 1. The Morgan fingerprint density at radius 3 is 2.67 bits per heavy atom. The molecule has 2 aromatic carbocycles. The fourth-order valence-corrected chi connectivity index (χ4v) is 2.81. The van der Waals surface area contributed by atoms with E-state index in [1.54, 1.807) is 36.4 Å². The van der Waals surface area contributed by atoms with Gasteiger partial charge in [-0.2, -0.15) is 0 Å². The van der Waals surface area contributed by atoms with E-state index >= 15 is 0 Å². The van der Waals surface area contributed by atoms with Gasteiger partial charge in [-0.3, -0.25) is 19.8 Å². The number of nitrogens with zero attached hydrogens (tertiary/aromatic N) is 1. The second kappa shape index (κ2) is 7.71. The van der Waals surface area contributed by atoms with Gasteiger partial charge in [0.2, 0.25) is 0 Å². The number of carbonyl (C=O) groups excluding carboxylic acids is 3. The molecular formula is C19H14BrFN2O4. The summed E-state index contributed by atoms with van der Waals surface area (Å²) in [6.45, 7) is -0.0248. The minimum Gasteiger partial charge on any atom is -0.488 e. The summed E-state index contributed by atoms with van der Waals surface area (Å²) in [4.78, 5) is 36.6. The molecule has 6 nitrogen and oxygen atoms in total. The highest BCUT2D eigenvalue weighted by Crippen LogP contribution is 2.27. The van der Waals surface area contributed by atoms with E-state index in [2.05, 4.69) is 21.2 Å². The molecule has 8 heteroatoms. The topological polar surface area (TPSA) is 75.7 Å². The lowest BCUT2D eigenvalue weighted by Crippen LogP contribution is -2.52. The number of barbiturate groups is 1. The molecule has 2 aromatic rings. The van der Waals surface area contributed by atoms with Crippen LogP contribution in [0.4, 0.5) is 9.18 Å². The number of imide groups is 2. The van der Waals surface area contributed by atoms with Crippen molar-refractivity contribution in [3.8, 4) is 5.75 Å². The van der Waals surface area contributed by atoms with Gasteiger partial charge >= 0.3 is 6.03 Å². The van der Waals surface area contributed by atoms with Crippen molar-refractivity contribution >= 4 is 39.9 Å². The van der Waals surface area contributed by atoms with Crippen LogP contribution in [0.5, 0.6) is 5.75 Å². The first kappa shape index (κ1) is 18.8. The first-order valence-electron chi connectivity index (χ1n) is 7.87. The van der Waals surface area contributed by atoms with Crippen LogP contribution in [0.25, 0.3) is 6.08 Å². The van der Waals surface area contributed by atoms with E-state index < -0.39 is 23.7 Å². The Kier molecular flexibility index (Phi) is 5.36. The number of rotatable bonds is 4. The highest BCUT2D eigenvalue weighted by Gasteiger charge is 2.33. The molecule has 0 aliphatic carbocycles. The van der Waals surface area contributed by atoms with E-state index in [0.717, 1.165) is 4.90 Å². The molecule has 0 bridgehead atoms. The summed E-state index contributed by atoms with van der Waals surface area (Å²) in [7, 11) is 1.27. The van der Waals surface area contributed by atoms with E-state index in [9.17, 15) is 18.8 Å². The number of nitrogens with one attached hydrogen (secondary N) is 1. The standard InChI is InChI=1S/C19H14BrFN2O4/c1-23-18(25)14(17(24)22-19(23)26)9-12-8-13(20)6-7-16(12)27-10-11-4-2-3-5-15(11)21/h2-9H,10H2,1H3,(H,22,24,26). The Bertz CT molecular complexity index is 974. The van der Waals surface area contributed by atoms with Crippen LogP contribution in [0.1, 0.15) is 11.1 Å². The molecule has 1 heterocycles. The molecule has 0 radical (unpaired) electrons. The maximum absolute atomic E-state index is 13.8. The zero-order chi connectivity index (χ0) is 19.6. The minimum absolute atomic E-state index is 0.0248. The lowest BCUT2D eigenvalue weighted by Gasteiger charge is -2.22. The van der Waals surface area contributed by atoms with Crippen LogP contribution >= 0.6 is 15.9 Å². The first-order chi connectivity index (χ1) is 12.9. The number of hydrogen-bond donors (Lipinski definition) is 1. The summed E-state index contributed by atoms with van der Waals surface area (Å²) in [5, 5.41) is 2.09. The molecule has 1 N–H and O–H groups in total. The Balaban J connectivity index is 1.92. The summed E-state index contributed by atoms with van der Waals surface area (Å²) in [6.07, 6.45) is 1.34. The van der Waals surface area contributed by atoms with Crippen LogP contribution in [-0.4, -0.2) is 29.8 Å². The van der Waals surface area contributed by atoms with Crippen molar-refractivity contribution in [2.45, 2.75) is 6.61 Å². The predicted molar refractivity (Wildman–Crippen MR) is 99.2 cm³/mol. The molecule has 1 aliphatic rings. The molecule has 27 heavy (non-hydrogen) atoms. The molecule has 0 atom stereocenters. The minimum atomic E-state index is -0.789. The fraction of sp³-hybridized carbons (Fsp3) is 0.105. The molecule has 0 spiro atoms. The van der Waals surface area contributed by atoms with Gasteiger partial charge in [-0.05, 0) is 30.3 Å². The summed E-state index contributed by atoms with van der Waals surface area (Å²) in [5.41, 5.74) is 0.601. The second-order valence-corrected chi connectivity index (χ2v) is 6.66. The maximum Gasteiger partial charge on any atom is 0.331 e. The van der Waals surface area contributed by atoms with Crippen LogP contribution < -0.4 is 10.1 Å². The smallest absolute Gasteiger partial charge is 0.331 e. The van der Waals surface area contributed by atoms with Gasteiger partial charge in [-0.1, -0.05) is 34.1 Å². The highest BCUT2D eigenvalue weighted by molar-refractivity contribution is 9.10. The molecule has 0 unspecified atom stereocenters. The average Bonchev–Trinajstić information content (AvgIpc) is 2.64. The van der Waals surface area contributed by atoms with Crippen molar-refractivity contribution in [1.82, 2.24) is 10.2 Å². The number of urea groups is 1. The number of amides is 4. The molecular weight excluding hydrogens is 419 g/mol. The summed E-state index contributed by atoms with van der Waals surface area (Å²) < 4.78 is 20.2. The molecule has 4 amide bonds. The molecule has 138 valence electrons. The molecule has 0 saturated carbocycles. The highest BCUT2D eigenvalue weighted by atomic mass is 79.9. The van der Waals surface area contributed by atoms with Gasteiger partial charge in [-0.15, -0.1) is 0 Å². The van der Waals surface area contributed by atoms with Crippen molar-refractivity contribution in [2.24, 2.45) is 0 Å². The largest absolute Gasteiger partial charge is 0.488 e. The zero-order valence-electron chi connectivity index (χ0n) is 14.2. The third-order valence-electron chi connectivity index (χ3n) is 3.92. The van der Waals surface area contributed by atoms with Crippen LogP contribution in [0, 0.1) is 5.82 Å². The van der Waals surface area contributed by atoms with Gasteiger partial charge in [0.15, 0.2) is 0 Å². The van der Waals surface area contributed by atoms with Crippen LogP contribution in [0.15, 0.2) is 52.5 Å². The molecule has 1 aliphatic heterocycles. The third kappa shape index (κ3) is 4.06. The van der Waals surface area contributed by atoms with Crippen molar-refractivity contribution in [3.63, 3.8) is 0 Å². The van der Waals surface area contributed by atoms with E-state index in [0.29, 0.717) is 21.3 Å². The Morgan fingerprint density at radius 2 is 1.93 bits per heavy atom. The lowest BCUT2D eigenvalue weighted by molar-refractivity contribution is -0.129. The first-order valence-corrected chi connectivity index (χ1v) is 8.67. The molecule has 3 rings (SSSR count). The predicted octanol–water partition coefficient (Wildman–Crippen LogP) is 3.26. The van der Waals surface area contributed by atoms with Crippen LogP contribution in [0.2, 0.25) is 0 Å². The molecule has 0 aromatic heterocycles. The van der Waals surface area contributed by atoms with Crippen molar-refractivity contribution in [2.75, 3.05) is 7.05 Å². The van der Waals surface area contributed by atoms with E-state index in [1.165, 1.54) is 19.2 Å². The van der Waals surface area contributed by atoms with E-state index in [1.807, 2.05) is 0 Å². The average molecular weight is 433 g/mol. The van der Waals surface area contributed by atoms with Crippen molar-refractivity contribution in [3.05, 3.63) is 69.5 Å². The monoisotopic (exact) mass is 432 g/mol. The summed E-state index contributed by atoms with van der Waals surface area (Å²) in [6, 6.07) is 10.4. The van der Waals surface area contributed by atoms with Gasteiger partial charge in [0, 0.05) is 22.6 Å². The van der Waals surface area contributed by atoms with Gasteiger partial charge in [-0.25, -0.2) is 9.18 Å². The Morgan fingerprint density at radius 1 is 1.19 bits per heavy atom. The third-order valence-corrected chi connectivity index (χ3v) is 4.41. The SMILES string of the molecule is CN1C(=O)NC(=O)C(=Cc2cc(Br)ccc2OCc2ccccc2F)C1=O. The van der Waals surface area contributed by atoms with Crippen LogP contribution in [0.3, 0.4) is 0 Å². The lowest BCUT2D eigenvalue weighted by atomic mass is 10.1. The van der Waals surface area contributed by atoms with Gasteiger partial charge in [0.1, 0.15) is 23.7 Å². The summed E-state index contributed by atoms with van der Waals surface area (Å²) >= 11 is 3.33. The number of likely N-dealkylation sites (N-methyl/N-ethyl adjacent to an activating group) is 1. The summed E-state index contributed by atoms with van der Waals surface area (Å²) in [5.74, 6) is -1.54. The number of hydrogen-bond acceptors (Lipinski definition) is 4.